The van der Waals surface area contributed by atoms with Gasteiger partial charge in [0.25, 0.3) is 0 Å². The number of hydrogen-bond acceptors (Lipinski definition) is 3. The molecule has 0 aliphatic carbocycles. The smallest absolute Gasteiger partial charge is 0.166 e. The SMILES string of the molecule is COc1cccc(CNCc2ccc(C)cc2)c1OCc1ccc(C)cc1. The first-order chi connectivity index (χ1) is 13.2. The van der Waals surface area contributed by atoms with Crippen molar-refractivity contribution >= 4 is 0 Å². The second kappa shape index (κ2) is 9.24. The Kier molecular flexibility index (Phi) is 6.50. The summed E-state index contributed by atoms with van der Waals surface area (Å²) in [5.41, 5.74) is 6.03. The van der Waals surface area contributed by atoms with Gasteiger partial charge in [0, 0.05) is 18.7 Å². The molecule has 0 amide bonds. The normalized spacial score (nSPS) is 10.6. The van der Waals surface area contributed by atoms with Crippen molar-refractivity contribution in [2.75, 3.05) is 7.11 Å². The summed E-state index contributed by atoms with van der Waals surface area (Å²) >= 11 is 0. The highest BCUT2D eigenvalue weighted by atomic mass is 16.5. The van der Waals surface area contributed by atoms with E-state index in [4.69, 9.17) is 9.47 Å². The summed E-state index contributed by atoms with van der Waals surface area (Å²) in [5.74, 6) is 1.56. The second-order valence-electron chi connectivity index (χ2n) is 6.81. The van der Waals surface area contributed by atoms with Crippen molar-refractivity contribution < 1.29 is 9.47 Å². The van der Waals surface area contributed by atoms with Crippen LogP contribution in [-0.2, 0) is 19.7 Å². The van der Waals surface area contributed by atoms with E-state index in [-0.39, 0.29) is 0 Å². The lowest BCUT2D eigenvalue weighted by Gasteiger charge is -2.16. The lowest BCUT2D eigenvalue weighted by molar-refractivity contribution is 0.280. The van der Waals surface area contributed by atoms with Crippen LogP contribution in [0.1, 0.15) is 27.8 Å². The summed E-state index contributed by atoms with van der Waals surface area (Å²) in [6.07, 6.45) is 0. The lowest BCUT2D eigenvalue weighted by Crippen LogP contribution is -2.14. The highest BCUT2D eigenvalue weighted by Gasteiger charge is 2.11. The molecular weight excluding hydrogens is 334 g/mol. The maximum absolute atomic E-state index is 6.14. The molecule has 0 atom stereocenters. The van der Waals surface area contributed by atoms with Crippen molar-refractivity contribution in [3.8, 4) is 11.5 Å². The number of methoxy groups -OCH3 is 1. The number of hydrogen-bond donors (Lipinski definition) is 1. The Hall–Kier alpha value is -2.78. The Morgan fingerprint density at radius 2 is 1.37 bits per heavy atom. The Morgan fingerprint density at radius 3 is 2.00 bits per heavy atom. The third-order valence-corrected chi connectivity index (χ3v) is 4.55. The predicted octanol–water partition coefficient (Wildman–Crippen LogP) is 5.18. The van der Waals surface area contributed by atoms with Gasteiger partial charge < -0.3 is 14.8 Å². The molecule has 0 unspecified atom stereocenters. The number of ether oxygens (including phenoxy) is 2. The van der Waals surface area contributed by atoms with Gasteiger partial charge >= 0.3 is 0 Å². The molecule has 140 valence electrons. The third kappa shape index (κ3) is 5.35. The van der Waals surface area contributed by atoms with E-state index in [0.717, 1.165) is 29.2 Å². The van der Waals surface area contributed by atoms with Crippen LogP contribution in [-0.4, -0.2) is 7.11 Å². The number of benzene rings is 3. The molecule has 3 nitrogen and oxygen atoms in total. The minimum Gasteiger partial charge on any atom is -0.493 e. The van der Waals surface area contributed by atoms with Crippen molar-refractivity contribution in [1.29, 1.82) is 0 Å². The fourth-order valence-electron chi connectivity index (χ4n) is 2.91. The Labute approximate surface area is 162 Å². The standard InChI is InChI=1S/C24H27NO2/c1-18-7-11-20(12-8-18)15-25-16-22-5-4-6-23(26-3)24(22)27-17-21-13-9-19(2)10-14-21/h4-14,25H,15-17H2,1-3H3. The Morgan fingerprint density at radius 1 is 0.741 bits per heavy atom. The van der Waals surface area contributed by atoms with E-state index in [9.17, 15) is 0 Å². The van der Waals surface area contributed by atoms with E-state index < -0.39 is 0 Å². The van der Waals surface area contributed by atoms with Gasteiger partial charge in [-0.25, -0.2) is 0 Å². The third-order valence-electron chi connectivity index (χ3n) is 4.55. The lowest BCUT2D eigenvalue weighted by atomic mass is 10.1. The van der Waals surface area contributed by atoms with Crippen molar-refractivity contribution in [3.63, 3.8) is 0 Å². The monoisotopic (exact) mass is 361 g/mol. The fraction of sp³-hybridized carbons (Fsp3) is 0.250. The van der Waals surface area contributed by atoms with Gasteiger partial charge in [0.15, 0.2) is 11.5 Å². The maximum atomic E-state index is 6.14. The molecule has 0 spiro atoms. The molecule has 0 bridgehead atoms. The number of aryl methyl sites for hydroxylation is 2. The average molecular weight is 361 g/mol. The zero-order chi connectivity index (χ0) is 19.1. The fourth-order valence-corrected chi connectivity index (χ4v) is 2.91. The molecule has 0 aliphatic rings. The van der Waals surface area contributed by atoms with Crippen LogP contribution < -0.4 is 14.8 Å². The number of para-hydroxylation sites is 1. The molecule has 0 aromatic heterocycles. The topological polar surface area (TPSA) is 30.5 Å². The van der Waals surface area contributed by atoms with E-state index in [2.05, 4.69) is 73.8 Å². The van der Waals surface area contributed by atoms with Crippen LogP contribution in [0.3, 0.4) is 0 Å². The van der Waals surface area contributed by atoms with Crippen LogP contribution in [0.4, 0.5) is 0 Å². The van der Waals surface area contributed by atoms with Gasteiger partial charge in [-0.05, 0) is 31.0 Å². The van der Waals surface area contributed by atoms with E-state index in [0.29, 0.717) is 13.2 Å². The number of nitrogens with one attached hydrogen (secondary N) is 1. The van der Waals surface area contributed by atoms with Gasteiger partial charge in [0.2, 0.25) is 0 Å². The van der Waals surface area contributed by atoms with Crippen molar-refractivity contribution in [2.24, 2.45) is 0 Å². The van der Waals surface area contributed by atoms with E-state index in [1.54, 1.807) is 7.11 Å². The first-order valence-corrected chi connectivity index (χ1v) is 9.26. The van der Waals surface area contributed by atoms with Crippen LogP contribution in [0.25, 0.3) is 0 Å². The molecular formula is C24H27NO2. The maximum Gasteiger partial charge on any atom is 0.166 e. The van der Waals surface area contributed by atoms with Gasteiger partial charge in [-0.1, -0.05) is 71.8 Å². The largest absolute Gasteiger partial charge is 0.493 e. The second-order valence-corrected chi connectivity index (χ2v) is 6.81. The molecule has 0 fully saturated rings. The summed E-state index contributed by atoms with van der Waals surface area (Å²) in [7, 11) is 1.68. The van der Waals surface area contributed by atoms with Gasteiger partial charge in [-0.15, -0.1) is 0 Å². The molecule has 3 rings (SSSR count). The molecule has 1 N–H and O–H groups in total. The summed E-state index contributed by atoms with van der Waals surface area (Å²) in [4.78, 5) is 0. The molecule has 0 saturated heterocycles. The zero-order valence-electron chi connectivity index (χ0n) is 16.3. The van der Waals surface area contributed by atoms with Gasteiger partial charge in [0.1, 0.15) is 6.61 Å². The zero-order valence-corrected chi connectivity index (χ0v) is 16.3. The van der Waals surface area contributed by atoms with E-state index in [1.807, 2.05) is 12.1 Å². The highest BCUT2D eigenvalue weighted by molar-refractivity contribution is 5.46. The number of rotatable bonds is 8. The van der Waals surface area contributed by atoms with E-state index in [1.165, 1.54) is 16.7 Å². The first-order valence-electron chi connectivity index (χ1n) is 9.26. The van der Waals surface area contributed by atoms with Gasteiger partial charge in [-0.3, -0.25) is 0 Å². The minimum absolute atomic E-state index is 0.519. The minimum atomic E-state index is 0.519. The molecule has 3 aromatic carbocycles. The highest BCUT2D eigenvalue weighted by Crippen LogP contribution is 2.32. The van der Waals surface area contributed by atoms with Gasteiger partial charge in [-0.2, -0.15) is 0 Å². The van der Waals surface area contributed by atoms with E-state index >= 15 is 0 Å². The molecule has 0 aliphatic heterocycles. The summed E-state index contributed by atoms with van der Waals surface area (Å²) in [6, 6.07) is 23.0. The average Bonchev–Trinajstić information content (AvgIpc) is 2.69. The van der Waals surface area contributed by atoms with Crippen LogP contribution in [0, 0.1) is 13.8 Å². The van der Waals surface area contributed by atoms with Crippen molar-refractivity contribution in [3.05, 3.63) is 94.5 Å². The van der Waals surface area contributed by atoms with Crippen LogP contribution in [0.2, 0.25) is 0 Å². The van der Waals surface area contributed by atoms with Crippen LogP contribution >= 0.6 is 0 Å². The molecule has 0 radical (unpaired) electrons. The van der Waals surface area contributed by atoms with Crippen LogP contribution in [0.5, 0.6) is 11.5 Å². The Bertz CT molecular complexity index is 855. The molecule has 3 heteroatoms. The summed E-state index contributed by atoms with van der Waals surface area (Å²) in [6.45, 7) is 6.24. The Balaban J connectivity index is 1.66. The molecule has 3 aromatic rings. The van der Waals surface area contributed by atoms with Crippen molar-refractivity contribution in [1.82, 2.24) is 5.32 Å². The molecule has 0 heterocycles. The van der Waals surface area contributed by atoms with Crippen molar-refractivity contribution in [2.45, 2.75) is 33.5 Å². The van der Waals surface area contributed by atoms with Crippen LogP contribution in [0.15, 0.2) is 66.7 Å². The molecule has 0 saturated carbocycles. The summed E-state index contributed by atoms with van der Waals surface area (Å²) < 4.78 is 11.7. The first kappa shape index (κ1) is 19.0. The van der Waals surface area contributed by atoms with Gasteiger partial charge in [0.05, 0.1) is 7.11 Å². The quantitative estimate of drug-likeness (QED) is 0.599. The molecule has 27 heavy (non-hydrogen) atoms. The predicted molar refractivity (Wildman–Crippen MR) is 110 cm³/mol. The summed E-state index contributed by atoms with van der Waals surface area (Å²) in [5, 5.41) is 3.50.